The molecule has 1 N–H and O–H groups in total. The Hall–Kier alpha value is -1.21. The second-order valence-corrected chi connectivity index (χ2v) is 5.88. The summed E-state index contributed by atoms with van der Waals surface area (Å²) in [6.45, 7) is 1.22. The molecule has 1 heterocycles. The van der Waals surface area contributed by atoms with Crippen molar-refractivity contribution in [2.45, 2.75) is 12.5 Å². The Labute approximate surface area is 124 Å². The number of anilines is 1. The van der Waals surface area contributed by atoms with E-state index in [0.29, 0.717) is 19.1 Å². The first kappa shape index (κ1) is 15.2. The van der Waals surface area contributed by atoms with Gasteiger partial charge in [0.1, 0.15) is 11.6 Å². The van der Waals surface area contributed by atoms with Crippen LogP contribution < -0.4 is 5.32 Å². The molecule has 0 aliphatic carbocycles. The third-order valence-electron chi connectivity index (χ3n) is 3.43. The molecule has 1 aromatic rings. The molecule has 2 rings (SSSR count). The lowest BCUT2D eigenvalue weighted by atomic mass is 10.2. The SMILES string of the molecule is CN(C)[C@H]1CCN(C(=O)Nc2cc(Br)c(F)cc2F)C1. The summed E-state index contributed by atoms with van der Waals surface area (Å²) < 4.78 is 26.8. The molecule has 0 saturated carbocycles. The monoisotopic (exact) mass is 347 g/mol. The summed E-state index contributed by atoms with van der Waals surface area (Å²) in [7, 11) is 3.92. The lowest BCUT2D eigenvalue weighted by molar-refractivity contribution is 0.216. The maximum Gasteiger partial charge on any atom is 0.321 e. The number of likely N-dealkylation sites (N-methyl/N-ethyl adjacent to an activating group) is 1. The summed E-state index contributed by atoms with van der Waals surface area (Å²) in [6.07, 6.45) is 0.885. The van der Waals surface area contributed by atoms with Crippen molar-refractivity contribution >= 4 is 27.6 Å². The first-order valence-electron chi connectivity index (χ1n) is 6.25. The van der Waals surface area contributed by atoms with Gasteiger partial charge in [0.2, 0.25) is 0 Å². The summed E-state index contributed by atoms with van der Waals surface area (Å²) in [5.74, 6) is -1.49. The first-order valence-corrected chi connectivity index (χ1v) is 7.04. The minimum Gasteiger partial charge on any atom is -0.323 e. The fraction of sp³-hybridized carbons (Fsp3) is 0.462. The largest absolute Gasteiger partial charge is 0.323 e. The van der Waals surface area contributed by atoms with Crippen molar-refractivity contribution in [3.8, 4) is 0 Å². The highest BCUT2D eigenvalue weighted by atomic mass is 79.9. The minimum atomic E-state index is -0.789. The Morgan fingerprint density at radius 3 is 2.70 bits per heavy atom. The van der Waals surface area contributed by atoms with E-state index in [1.165, 1.54) is 6.07 Å². The summed E-state index contributed by atoms with van der Waals surface area (Å²) in [5.41, 5.74) is -0.0309. The molecule has 1 saturated heterocycles. The Kier molecular flexibility index (Phi) is 4.59. The van der Waals surface area contributed by atoms with Gasteiger partial charge in [-0.3, -0.25) is 0 Å². The summed E-state index contributed by atoms with van der Waals surface area (Å²) >= 11 is 2.97. The number of nitrogens with one attached hydrogen (secondary N) is 1. The van der Waals surface area contributed by atoms with Crippen LogP contribution in [0.25, 0.3) is 0 Å². The van der Waals surface area contributed by atoms with Gasteiger partial charge < -0.3 is 15.1 Å². The molecule has 1 fully saturated rings. The number of rotatable bonds is 2. The molecule has 0 aromatic heterocycles. The number of nitrogens with zero attached hydrogens (tertiary/aromatic N) is 2. The second-order valence-electron chi connectivity index (χ2n) is 5.03. The van der Waals surface area contributed by atoms with Gasteiger partial charge in [-0.15, -0.1) is 0 Å². The number of carbonyl (C=O) groups is 1. The highest BCUT2D eigenvalue weighted by Gasteiger charge is 2.27. The number of carbonyl (C=O) groups excluding carboxylic acids is 1. The van der Waals surface area contributed by atoms with Crippen LogP contribution in [0.2, 0.25) is 0 Å². The summed E-state index contributed by atoms with van der Waals surface area (Å²) in [4.78, 5) is 15.7. The van der Waals surface area contributed by atoms with Crippen LogP contribution in [-0.4, -0.2) is 49.1 Å². The maximum absolute atomic E-state index is 13.6. The highest BCUT2D eigenvalue weighted by Crippen LogP contribution is 2.24. The van der Waals surface area contributed by atoms with E-state index in [4.69, 9.17) is 0 Å². The summed E-state index contributed by atoms with van der Waals surface area (Å²) in [5, 5.41) is 2.48. The third-order valence-corrected chi connectivity index (χ3v) is 4.04. The molecule has 0 bridgehead atoms. The number of hydrogen-bond acceptors (Lipinski definition) is 2. The van der Waals surface area contributed by atoms with Crippen LogP contribution in [0.5, 0.6) is 0 Å². The molecule has 20 heavy (non-hydrogen) atoms. The average Bonchev–Trinajstić information content (AvgIpc) is 2.85. The Morgan fingerprint density at radius 2 is 2.10 bits per heavy atom. The van der Waals surface area contributed by atoms with Gasteiger partial charge in [0.05, 0.1) is 10.2 Å². The van der Waals surface area contributed by atoms with Gasteiger partial charge in [0.25, 0.3) is 0 Å². The molecule has 4 nitrogen and oxygen atoms in total. The molecule has 1 aliphatic heterocycles. The number of amides is 2. The Balaban J connectivity index is 2.04. The molecule has 0 unspecified atom stereocenters. The minimum absolute atomic E-state index is 0.0309. The zero-order valence-corrected chi connectivity index (χ0v) is 12.9. The highest BCUT2D eigenvalue weighted by molar-refractivity contribution is 9.10. The van der Waals surface area contributed by atoms with Crippen molar-refractivity contribution in [2.75, 3.05) is 32.5 Å². The van der Waals surface area contributed by atoms with E-state index >= 15 is 0 Å². The van der Waals surface area contributed by atoms with Crippen molar-refractivity contribution < 1.29 is 13.6 Å². The van der Waals surface area contributed by atoms with Gasteiger partial charge in [-0.2, -0.15) is 0 Å². The van der Waals surface area contributed by atoms with E-state index in [9.17, 15) is 13.6 Å². The van der Waals surface area contributed by atoms with Crippen LogP contribution in [0.4, 0.5) is 19.3 Å². The molecule has 1 atom stereocenters. The molecule has 2 amide bonds. The number of hydrogen-bond donors (Lipinski definition) is 1. The van der Waals surface area contributed by atoms with Crippen LogP contribution in [0.15, 0.2) is 16.6 Å². The number of benzene rings is 1. The second kappa shape index (κ2) is 6.05. The van der Waals surface area contributed by atoms with E-state index in [1.807, 2.05) is 14.1 Å². The van der Waals surface area contributed by atoms with Crippen molar-refractivity contribution in [1.29, 1.82) is 0 Å². The maximum atomic E-state index is 13.6. The zero-order chi connectivity index (χ0) is 14.9. The fourth-order valence-electron chi connectivity index (χ4n) is 2.16. The Bertz CT molecular complexity index is 525. The van der Waals surface area contributed by atoms with E-state index < -0.39 is 11.6 Å². The fourth-order valence-corrected chi connectivity index (χ4v) is 2.50. The van der Waals surface area contributed by atoms with Gasteiger partial charge >= 0.3 is 6.03 Å². The Morgan fingerprint density at radius 1 is 1.40 bits per heavy atom. The molecular formula is C13H16BrF2N3O. The first-order chi connectivity index (χ1) is 9.38. The molecule has 110 valence electrons. The van der Waals surface area contributed by atoms with Gasteiger partial charge in [0.15, 0.2) is 0 Å². The lowest BCUT2D eigenvalue weighted by Gasteiger charge is -2.21. The quantitative estimate of drug-likeness (QED) is 0.835. The molecule has 0 spiro atoms. The molecule has 1 aliphatic rings. The van der Waals surface area contributed by atoms with Gasteiger partial charge in [0, 0.05) is 25.2 Å². The van der Waals surface area contributed by atoms with Crippen molar-refractivity contribution in [1.82, 2.24) is 9.80 Å². The standard InChI is InChI=1S/C13H16BrF2N3O/c1-18(2)8-3-4-19(7-8)13(20)17-12-5-9(14)10(15)6-11(12)16/h5-6,8H,3-4,7H2,1-2H3,(H,17,20)/t8-/m0/s1. The molecule has 1 aromatic carbocycles. The molecular weight excluding hydrogens is 332 g/mol. The van der Waals surface area contributed by atoms with Crippen molar-refractivity contribution in [2.24, 2.45) is 0 Å². The third kappa shape index (κ3) is 3.27. The molecule has 0 radical (unpaired) electrons. The van der Waals surface area contributed by atoms with Gasteiger partial charge in [-0.1, -0.05) is 0 Å². The van der Waals surface area contributed by atoms with Crippen molar-refractivity contribution in [3.05, 3.63) is 28.2 Å². The van der Waals surface area contributed by atoms with E-state index in [-0.39, 0.29) is 16.2 Å². The summed E-state index contributed by atoms with van der Waals surface area (Å²) in [6, 6.07) is 1.91. The van der Waals surface area contributed by atoms with E-state index in [0.717, 1.165) is 12.5 Å². The van der Waals surface area contributed by atoms with Crippen LogP contribution in [0.3, 0.4) is 0 Å². The van der Waals surface area contributed by atoms with E-state index in [2.05, 4.69) is 26.1 Å². The number of urea groups is 1. The average molecular weight is 348 g/mol. The predicted molar refractivity (Wildman–Crippen MR) is 76.7 cm³/mol. The lowest BCUT2D eigenvalue weighted by Crippen LogP contribution is -2.37. The number of halogens is 3. The zero-order valence-electron chi connectivity index (χ0n) is 11.3. The van der Waals surface area contributed by atoms with Crippen LogP contribution in [-0.2, 0) is 0 Å². The normalized spacial score (nSPS) is 18.7. The smallest absolute Gasteiger partial charge is 0.321 e. The van der Waals surface area contributed by atoms with Gasteiger partial charge in [-0.05, 0) is 42.5 Å². The van der Waals surface area contributed by atoms with Crippen LogP contribution in [0.1, 0.15) is 6.42 Å². The predicted octanol–water partition coefficient (Wildman–Crippen LogP) is 2.90. The topological polar surface area (TPSA) is 35.6 Å². The molecule has 7 heteroatoms. The van der Waals surface area contributed by atoms with Crippen molar-refractivity contribution in [3.63, 3.8) is 0 Å². The van der Waals surface area contributed by atoms with Crippen LogP contribution >= 0.6 is 15.9 Å². The van der Waals surface area contributed by atoms with Gasteiger partial charge in [-0.25, -0.2) is 13.6 Å². The van der Waals surface area contributed by atoms with Crippen LogP contribution in [0, 0.1) is 11.6 Å². The number of likely N-dealkylation sites (tertiary alicyclic amines) is 1. The van der Waals surface area contributed by atoms with E-state index in [1.54, 1.807) is 4.90 Å².